The van der Waals surface area contributed by atoms with E-state index in [0.29, 0.717) is 22.9 Å². The number of pyridine rings is 1. The minimum Gasteiger partial charge on any atom is -0.356 e. The van der Waals surface area contributed by atoms with Gasteiger partial charge in [0.1, 0.15) is 0 Å². The van der Waals surface area contributed by atoms with Gasteiger partial charge in [0.25, 0.3) is 0 Å². The first-order valence-electron chi connectivity index (χ1n) is 19.1. The fourth-order valence-corrected chi connectivity index (χ4v) is 5.74. The van der Waals surface area contributed by atoms with Crippen LogP contribution in [0.1, 0.15) is 152 Å². The molecule has 7 heteroatoms. The molecule has 2 heterocycles. The predicted octanol–water partition coefficient (Wildman–Crippen LogP) is 13.0. The van der Waals surface area contributed by atoms with E-state index in [9.17, 15) is 13.6 Å². The van der Waals surface area contributed by atoms with Crippen molar-refractivity contribution >= 4 is 23.4 Å². The van der Waals surface area contributed by atoms with Gasteiger partial charge in [-0.15, -0.1) is 0 Å². The van der Waals surface area contributed by atoms with Crippen LogP contribution in [0.5, 0.6) is 0 Å². The maximum absolute atomic E-state index is 14.4. The maximum Gasteiger partial charge on any atom is 0.239 e. The molecule has 1 aromatic rings. The molecule has 0 saturated heterocycles. The van der Waals surface area contributed by atoms with Crippen molar-refractivity contribution in [3.8, 4) is 0 Å². The first-order chi connectivity index (χ1) is 24.0. The lowest BCUT2D eigenvalue weighted by Crippen LogP contribution is -2.49. The molecule has 5 nitrogen and oxygen atoms in total. The number of nitrogens with one attached hydrogen (secondary N) is 1. The average molecular weight is 707 g/mol. The van der Waals surface area contributed by atoms with Gasteiger partial charge in [-0.25, -0.2) is 8.78 Å². The highest BCUT2D eigenvalue weighted by molar-refractivity contribution is 6.07. The highest BCUT2D eigenvalue weighted by Gasteiger charge is 2.50. The largest absolute Gasteiger partial charge is 0.356 e. The third-order valence-electron chi connectivity index (χ3n) is 9.00. The average Bonchev–Trinajstić information content (AvgIpc) is 3.25. The predicted molar refractivity (Wildman–Crippen MR) is 217 cm³/mol. The Morgan fingerprint density at radius 1 is 1.08 bits per heavy atom. The van der Waals surface area contributed by atoms with Crippen LogP contribution >= 0.6 is 0 Å². The number of anilines is 1. The summed E-state index contributed by atoms with van der Waals surface area (Å²) < 4.78 is 27.9. The zero-order valence-electron chi connectivity index (χ0n) is 34.0. The number of aliphatic imine (C=N–C) groups is 1. The van der Waals surface area contributed by atoms with Crippen LogP contribution < -0.4 is 10.2 Å². The van der Waals surface area contributed by atoms with Gasteiger partial charge in [0.05, 0.1) is 28.2 Å². The summed E-state index contributed by atoms with van der Waals surface area (Å²) >= 11 is 0. The summed E-state index contributed by atoms with van der Waals surface area (Å²) in [5.41, 5.74) is 4.35. The monoisotopic (exact) mass is 707 g/mol. The SMILES string of the molecule is C=C(F)/C(F)=C(\C=C/C)N/C(C)=C(C)/C(=C\C(=C)c1cnc2c(c1)N(C1CC(CC)C1)C(=O)C2(C)C)N=CCC.CC(C)C.CCCCCCC. The highest BCUT2D eigenvalue weighted by atomic mass is 19.2. The van der Waals surface area contributed by atoms with E-state index in [1.807, 2.05) is 44.7 Å². The molecule has 0 unspecified atom stereocenters. The number of carbonyl (C=O) groups excluding carboxylic acids is 1. The van der Waals surface area contributed by atoms with Gasteiger partial charge in [0, 0.05) is 29.7 Å². The summed E-state index contributed by atoms with van der Waals surface area (Å²) in [4.78, 5) is 24.8. The van der Waals surface area contributed by atoms with E-state index >= 15 is 0 Å². The number of carbonyl (C=O) groups is 1. The van der Waals surface area contributed by atoms with E-state index in [2.05, 4.69) is 65.0 Å². The lowest BCUT2D eigenvalue weighted by atomic mass is 9.77. The number of fused-ring (bicyclic) bond motifs is 1. The molecule has 1 fully saturated rings. The van der Waals surface area contributed by atoms with Crippen LogP contribution in [0.2, 0.25) is 0 Å². The highest BCUT2D eigenvalue weighted by Crippen LogP contribution is 2.47. The van der Waals surface area contributed by atoms with Crippen molar-refractivity contribution in [2.24, 2.45) is 16.8 Å². The molecule has 1 aromatic heterocycles. The molecule has 1 aliphatic carbocycles. The van der Waals surface area contributed by atoms with Gasteiger partial charge >= 0.3 is 0 Å². The molecule has 0 spiro atoms. The number of rotatable bonds is 15. The zero-order chi connectivity index (χ0) is 38.9. The Labute approximate surface area is 309 Å². The molecule has 1 saturated carbocycles. The smallest absolute Gasteiger partial charge is 0.239 e. The van der Waals surface area contributed by atoms with Crippen LogP contribution in [0.4, 0.5) is 14.5 Å². The molecule has 1 N–H and O–H groups in total. The summed E-state index contributed by atoms with van der Waals surface area (Å²) in [7, 11) is 0. The van der Waals surface area contributed by atoms with Crippen molar-refractivity contribution in [3.05, 3.63) is 89.2 Å². The fraction of sp³-hybridized carbons (Fsp3) is 0.568. The van der Waals surface area contributed by atoms with Crippen molar-refractivity contribution < 1.29 is 13.6 Å². The maximum atomic E-state index is 14.4. The molecule has 0 aromatic carbocycles. The molecular weight excluding hydrogens is 639 g/mol. The second-order valence-electron chi connectivity index (χ2n) is 14.9. The van der Waals surface area contributed by atoms with Crippen LogP contribution in [0.25, 0.3) is 5.57 Å². The van der Waals surface area contributed by atoms with Gasteiger partial charge in [-0.2, -0.15) is 0 Å². The first kappa shape index (κ1) is 45.4. The normalized spacial score (nSPS) is 19.1. The number of hydrogen-bond donors (Lipinski definition) is 1. The van der Waals surface area contributed by atoms with Crippen LogP contribution in [0.3, 0.4) is 0 Å². The quantitative estimate of drug-likeness (QED) is 0.112. The van der Waals surface area contributed by atoms with Gasteiger partial charge in [-0.05, 0) is 95.1 Å². The summed E-state index contributed by atoms with van der Waals surface area (Å²) in [5, 5.41) is 2.95. The molecule has 1 aliphatic heterocycles. The van der Waals surface area contributed by atoms with Crippen LogP contribution in [0.15, 0.2) is 83.0 Å². The molecule has 0 bridgehead atoms. The summed E-state index contributed by atoms with van der Waals surface area (Å²) in [5.74, 6) is -0.620. The van der Waals surface area contributed by atoms with Crippen molar-refractivity contribution in [2.75, 3.05) is 4.90 Å². The molecule has 51 heavy (non-hydrogen) atoms. The topological polar surface area (TPSA) is 57.6 Å². The van der Waals surface area contributed by atoms with E-state index in [1.54, 1.807) is 32.3 Å². The Bertz CT molecular complexity index is 1460. The molecule has 2 aliphatic rings. The number of aromatic nitrogens is 1. The summed E-state index contributed by atoms with van der Waals surface area (Å²) in [6, 6.07) is 2.20. The standard InChI is InChI=1S/C33H42F2N4O.C7H16.C4H10/c1-10-13-27(30(35)22(6)34)38-23(7)21(5)28(36-14-11-2)15-20(4)25-18-29-31(37-19-25)33(8,9)32(40)39(29)26-16-24(12-3)17-26;1-3-5-7-6-4-2;1-4(2)3/h10,13-15,18-19,24,26,38H,4,6,11-12,16-17H2,1-3,5,7-9H3;3-7H2,1-2H3;4H,1-3H3/b13-10-,23-21+,28-15+,30-27-,36-14?;;. The van der Waals surface area contributed by atoms with Gasteiger partial charge in [0.2, 0.25) is 5.91 Å². The number of nitrogens with zero attached hydrogens (tertiary/aromatic N) is 3. The number of amides is 1. The number of unbranched alkanes of at least 4 members (excludes halogenated alkanes) is 4. The second-order valence-corrected chi connectivity index (χ2v) is 14.9. The molecule has 0 radical (unpaired) electrons. The van der Waals surface area contributed by atoms with Crippen molar-refractivity contribution in [3.63, 3.8) is 0 Å². The third-order valence-corrected chi connectivity index (χ3v) is 9.00. The Kier molecular flexibility index (Phi) is 19.9. The van der Waals surface area contributed by atoms with E-state index < -0.39 is 17.1 Å². The molecular formula is C44H68F2N4O. The number of halogens is 2. The lowest BCUT2D eigenvalue weighted by Gasteiger charge is -2.41. The van der Waals surface area contributed by atoms with Crippen LogP contribution in [-0.2, 0) is 10.2 Å². The molecule has 3 rings (SSSR count). The van der Waals surface area contributed by atoms with E-state index in [0.717, 1.165) is 54.1 Å². The Balaban J connectivity index is 0.00000102. The number of hydrogen-bond acceptors (Lipinski definition) is 4. The van der Waals surface area contributed by atoms with Gasteiger partial charge < -0.3 is 10.2 Å². The number of allylic oxidation sites excluding steroid dienone is 8. The Morgan fingerprint density at radius 3 is 2.16 bits per heavy atom. The second kappa shape index (κ2) is 22.4. The van der Waals surface area contributed by atoms with Gasteiger partial charge in [-0.3, -0.25) is 14.8 Å². The Morgan fingerprint density at radius 2 is 1.67 bits per heavy atom. The summed E-state index contributed by atoms with van der Waals surface area (Å²) in [6.07, 6.45) is 19.3. The minimum absolute atomic E-state index is 0.0269. The summed E-state index contributed by atoms with van der Waals surface area (Å²) in [6.45, 7) is 31.7. The molecule has 284 valence electrons. The van der Waals surface area contributed by atoms with E-state index in [4.69, 9.17) is 4.98 Å². The van der Waals surface area contributed by atoms with Crippen LogP contribution in [-0.4, -0.2) is 23.1 Å². The van der Waals surface area contributed by atoms with Crippen molar-refractivity contribution in [1.29, 1.82) is 0 Å². The fourth-order valence-electron chi connectivity index (χ4n) is 5.74. The van der Waals surface area contributed by atoms with Crippen molar-refractivity contribution in [2.45, 2.75) is 152 Å². The Hall–Kier alpha value is -3.61. The molecule has 1 amide bonds. The zero-order valence-corrected chi connectivity index (χ0v) is 34.0. The van der Waals surface area contributed by atoms with E-state index in [-0.39, 0.29) is 17.6 Å². The van der Waals surface area contributed by atoms with E-state index in [1.165, 1.54) is 38.2 Å². The van der Waals surface area contributed by atoms with Crippen molar-refractivity contribution in [1.82, 2.24) is 10.3 Å². The van der Waals surface area contributed by atoms with Gasteiger partial charge in [0.15, 0.2) is 11.7 Å². The minimum atomic E-state index is -1.15. The molecule has 0 atom stereocenters. The first-order valence-corrected chi connectivity index (χ1v) is 19.1. The van der Waals surface area contributed by atoms with Crippen LogP contribution in [0, 0.1) is 11.8 Å². The van der Waals surface area contributed by atoms with Gasteiger partial charge in [-0.1, -0.05) is 106 Å². The third kappa shape index (κ3) is 13.5. The lowest BCUT2D eigenvalue weighted by molar-refractivity contribution is -0.123.